The van der Waals surface area contributed by atoms with E-state index in [-0.39, 0.29) is 0 Å². The Morgan fingerprint density at radius 2 is 2.00 bits per heavy atom. The third-order valence-electron chi connectivity index (χ3n) is 4.39. The minimum atomic E-state index is 0.647. The van der Waals surface area contributed by atoms with Gasteiger partial charge in [0.2, 0.25) is 0 Å². The van der Waals surface area contributed by atoms with Crippen LogP contribution in [0.25, 0.3) is 0 Å². The van der Waals surface area contributed by atoms with Crippen molar-refractivity contribution in [2.45, 2.75) is 46.6 Å². The quantitative estimate of drug-likeness (QED) is 0.633. The van der Waals surface area contributed by atoms with Gasteiger partial charge in [0.1, 0.15) is 0 Å². The molecule has 0 radical (unpaired) electrons. The fraction of sp³-hybridized carbons (Fsp3) is 0.706. The molecule has 0 aromatic carbocycles. The predicted molar refractivity (Wildman–Crippen MR) is 89.4 cm³/mol. The smallest absolute Gasteiger partial charge is 0.0443 e. The molecule has 2 fully saturated rings. The highest BCUT2D eigenvalue weighted by atomic mass is 15.2. The van der Waals surface area contributed by atoms with Crippen molar-refractivity contribution < 1.29 is 0 Å². The molecule has 114 valence electrons. The molecule has 0 aromatic rings. The molecular weight excluding hydrogens is 246 g/mol. The van der Waals surface area contributed by atoms with Gasteiger partial charge in [-0.1, -0.05) is 20.4 Å². The third kappa shape index (κ3) is 3.95. The van der Waals surface area contributed by atoms with Gasteiger partial charge in [0.25, 0.3) is 0 Å². The second-order valence-electron chi connectivity index (χ2n) is 5.43. The van der Waals surface area contributed by atoms with Gasteiger partial charge >= 0.3 is 0 Å². The summed E-state index contributed by atoms with van der Waals surface area (Å²) in [7, 11) is 1.84. The highest BCUT2D eigenvalue weighted by molar-refractivity contribution is 5.97. The van der Waals surface area contributed by atoms with Gasteiger partial charge in [-0.05, 0) is 50.8 Å². The molecule has 2 saturated heterocycles. The molecule has 2 aliphatic heterocycles. The number of aliphatic imine (C=N–C) groups is 1. The Hall–Kier alpha value is -1.09. The zero-order valence-corrected chi connectivity index (χ0v) is 13.9. The Balaban J connectivity index is 0.000000956. The Morgan fingerprint density at radius 3 is 2.65 bits per heavy atom. The van der Waals surface area contributed by atoms with E-state index in [2.05, 4.69) is 34.8 Å². The maximum atomic E-state index is 4.25. The van der Waals surface area contributed by atoms with Gasteiger partial charge in [-0.3, -0.25) is 4.99 Å². The van der Waals surface area contributed by atoms with E-state index >= 15 is 0 Å². The van der Waals surface area contributed by atoms with Crippen molar-refractivity contribution in [1.29, 1.82) is 0 Å². The summed E-state index contributed by atoms with van der Waals surface area (Å²) in [5, 5.41) is 3.50. The van der Waals surface area contributed by atoms with E-state index in [9.17, 15) is 0 Å². The lowest BCUT2D eigenvalue weighted by atomic mass is 9.93. The highest BCUT2D eigenvalue weighted by Gasteiger charge is 2.35. The first-order chi connectivity index (χ1) is 9.63. The number of hydrogen-bond donors (Lipinski definition) is 1. The van der Waals surface area contributed by atoms with E-state index in [1.807, 2.05) is 27.8 Å². The van der Waals surface area contributed by atoms with Gasteiger partial charge in [0.15, 0.2) is 0 Å². The van der Waals surface area contributed by atoms with Gasteiger partial charge in [-0.15, -0.1) is 0 Å². The van der Waals surface area contributed by atoms with Crippen molar-refractivity contribution >= 4 is 5.71 Å². The van der Waals surface area contributed by atoms with E-state index < -0.39 is 0 Å². The van der Waals surface area contributed by atoms with Crippen molar-refractivity contribution in [3.05, 3.63) is 23.9 Å². The molecule has 2 heterocycles. The first-order valence-corrected chi connectivity index (χ1v) is 7.91. The SMILES string of the molecule is C=C(/C=C(/C)C(C)=NC)N1CCC2CCNCC21.CC. The molecule has 0 spiro atoms. The van der Waals surface area contributed by atoms with Crippen LogP contribution in [-0.2, 0) is 0 Å². The third-order valence-corrected chi connectivity index (χ3v) is 4.39. The first kappa shape index (κ1) is 17.0. The summed E-state index contributed by atoms with van der Waals surface area (Å²) in [6.07, 6.45) is 4.81. The van der Waals surface area contributed by atoms with Crippen molar-refractivity contribution in [2.75, 3.05) is 26.7 Å². The van der Waals surface area contributed by atoms with Gasteiger partial charge < -0.3 is 10.2 Å². The van der Waals surface area contributed by atoms with Gasteiger partial charge in [0, 0.05) is 37.6 Å². The molecule has 0 bridgehead atoms. The van der Waals surface area contributed by atoms with Crippen molar-refractivity contribution in [1.82, 2.24) is 10.2 Å². The highest BCUT2D eigenvalue weighted by Crippen LogP contribution is 2.31. The zero-order valence-electron chi connectivity index (χ0n) is 13.9. The summed E-state index contributed by atoms with van der Waals surface area (Å²) in [5.41, 5.74) is 3.45. The van der Waals surface area contributed by atoms with Crippen molar-refractivity contribution in [2.24, 2.45) is 10.9 Å². The fourth-order valence-corrected chi connectivity index (χ4v) is 3.04. The molecule has 1 N–H and O–H groups in total. The molecular formula is C17H31N3. The van der Waals surface area contributed by atoms with Crippen LogP contribution in [0.4, 0.5) is 0 Å². The van der Waals surface area contributed by atoms with Crippen molar-refractivity contribution in [3.63, 3.8) is 0 Å². The molecule has 20 heavy (non-hydrogen) atoms. The van der Waals surface area contributed by atoms with E-state index in [1.165, 1.54) is 25.0 Å². The second kappa shape index (κ2) is 8.25. The molecule has 3 nitrogen and oxygen atoms in total. The van der Waals surface area contributed by atoms with Gasteiger partial charge in [-0.25, -0.2) is 0 Å². The maximum absolute atomic E-state index is 4.25. The van der Waals surface area contributed by atoms with Crippen LogP contribution < -0.4 is 5.32 Å². The maximum Gasteiger partial charge on any atom is 0.0443 e. The van der Waals surface area contributed by atoms with Crippen molar-refractivity contribution in [3.8, 4) is 0 Å². The summed E-state index contributed by atoms with van der Waals surface area (Å²) >= 11 is 0. The Bertz CT molecular complexity index is 382. The summed E-state index contributed by atoms with van der Waals surface area (Å²) in [6.45, 7) is 15.9. The molecule has 2 atom stereocenters. The monoisotopic (exact) mass is 277 g/mol. The normalized spacial score (nSPS) is 26.8. The molecule has 2 rings (SSSR count). The van der Waals surface area contributed by atoms with E-state index in [0.29, 0.717) is 6.04 Å². The number of fused-ring (bicyclic) bond motifs is 1. The number of hydrogen-bond acceptors (Lipinski definition) is 3. The Kier molecular flexibility index (Phi) is 7.00. The van der Waals surface area contributed by atoms with Crippen LogP contribution in [0.1, 0.15) is 40.5 Å². The Morgan fingerprint density at radius 1 is 1.30 bits per heavy atom. The van der Waals surface area contributed by atoms with Crippen LogP contribution in [0, 0.1) is 5.92 Å². The average molecular weight is 277 g/mol. The number of allylic oxidation sites excluding steroid dienone is 2. The first-order valence-electron chi connectivity index (χ1n) is 7.91. The largest absolute Gasteiger partial charge is 0.367 e. The number of nitrogens with one attached hydrogen (secondary N) is 1. The van der Waals surface area contributed by atoms with Crippen LogP contribution in [0.2, 0.25) is 0 Å². The topological polar surface area (TPSA) is 27.6 Å². The van der Waals surface area contributed by atoms with Crippen LogP contribution >= 0.6 is 0 Å². The fourth-order valence-electron chi connectivity index (χ4n) is 3.04. The number of rotatable bonds is 3. The van der Waals surface area contributed by atoms with E-state index in [0.717, 1.165) is 30.4 Å². The summed E-state index contributed by atoms with van der Waals surface area (Å²) in [6, 6.07) is 0.647. The minimum Gasteiger partial charge on any atom is -0.367 e. The molecule has 0 aliphatic carbocycles. The van der Waals surface area contributed by atoms with Crippen LogP contribution in [0.5, 0.6) is 0 Å². The summed E-state index contributed by atoms with van der Waals surface area (Å²) < 4.78 is 0. The number of nitrogens with zero attached hydrogens (tertiary/aromatic N) is 2. The van der Waals surface area contributed by atoms with Gasteiger partial charge in [-0.2, -0.15) is 0 Å². The lowest BCUT2D eigenvalue weighted by Crippen LogP contribution is -2.45. The second-order valence-corrected chi connectivity index (χ2v) is 5.43. The van der Waals surface area contributed by atoms with E-state index in [1.54, 1.807) is 0 Å². The standard InChI is InChI=1S/C15H25N3.C2H6/c1-11(13(3)16-4)9-12(2)18-8-6-14-5-7-17-10-15(14)18;1-2/h9,14-15,17H,2,5-8,10H2,1,3-4H3;1-2H3/b11-9-,16-13?;. The summed E-state index contributed by atoms with van der Waals surface area (Å²) in [4.78, 5) is 6.70. The van der Waals surface area contributed by atoms with E-state index in [4.69, 9.17) is 0 Å². The van der Waals surface area contributed by atoms with Crippen LogP contribution in [-0.4, -0.2) is 43.3 Å². The number of likely N-dealkylation sites (tertiary alicyclic amines) is 1. The minimum absolute atomic E-state index is 0.647. The van der Waals surface area contributed by atoms with Gasteiger partial charge in [0.05, 0.1) is 0 Å². The van der Waals surface area contributed by atoms with Crippen LogP contribution in [0.15, 0.2) is 28.9 Å². The molecule has 3 heteroatoms. The number of piperidine rings is 1. The molecule has 2 unspecified atom stereocenters. The molecule has 0 aromatic heterocycles. The lowest BCUT2D eigenvalue weighted by molar-refractivity contribution is 0.240. The predicted octanol–water partition coefficient (Wildman–Crippen LogP) is 3.25. The summed E-state index contributed by atoms with van der Waals surface area (Å²) in [5.74, 6) is 0.859. The average Bonchev–Trinajstić information content (AvgIpc) is 2.92. The molecule has 0 amide bonds. The van der Waals surface area contributed by atoms with Crippen LogP contribution in [0.3, 0.4) is 0 Å². The molecule has 2 aliphatic rings. The zero-order chi connectivity index (χ0) is 15.1. The lowest BCUT2D eigenvalue weighted by Gasteiger charge is -2.34. The molecule has 0 saturated carbocycles. The Labute approximate surface area is 124 Å².